The van der Waals surface area contributed by atoms with E-state index in [1.165, 1.54) is 18.2 Å². The molecule has 0 bridgehead atoms. The first-order chi connectivity index (χ1) is 8.94. The molecule has 1 fully saturated rings. The number of ether oxygens (including phenoxy) is 1. The number of halogens is 3. The molecular weight excluding hydrogens is 261 g/mol. The molecule has 0 saturated heterocycles. The minimum absolute atomic E-state index is 0.00224. The molecule has 19 heavy (non-hydrogen) atoms. The van der Waals surface area contributed by atoms with Gasteiger partial charge in [0.1, 0.15) is 0 Å². The fourth-order valence-electron chi connectivity index (χ4n) is 1.50. The number of benzene rings is 1. The van der Waals surface area contributed by atoms with E-state index in [2.05, 4.69) is 15.4 Å². The number of anilines is 1. The van der Waals surface area contributed by atoms with E-state index < -0.39 is 18.0 Å². The average Bonchev–Trinajstić information content (AvgIpc) is 3.11. The second kappa shape index (κ2) is 5.48. The van der Waals surface area contributed by atoms with Crippen LogP contribution in [0.5, 0.6) is 5.75 Å². The second-order valence-electron chi connectivity index (χ2n) is 4.25. The third-order valence-corrected chi connectivity index (χ3v) is 2.52. The standard InChI is InChI=1S/C12H13F3N2O2/c13-12(14,15)19-10-4-2-1-3-9(10)17-11(18)7-16-8-5-6-8/h1-4,8,16H,5-7H2,(H,17,18). The maximum absolute atomic E-state index is 12.2. The van der Waals surface area contributed by atoms with Gasteiger partial charge in [0, 0.05) is 6.04 Å². The summed E-state index contributed by atoms with van der Waals surface area (Å²) in [4.78, 5) is 11.6. The molecule has 2 N–H and O–H groups in total. The lowest BCUT2D eigenvalue weighted by Crippen LogP contribution is -2.29. The minimum atomic E-state index is -4.78. The smallest absolute Gasteiger partial charge is 0.404 e. The fraction of sp³-hybridized carbons (Fsp3) is 0.417. The normalized spacial score (nSPS) is 15.1. The Labute approximate surface area is 107 Å². The zero-order valence-corrected chi connectivity index (χ0v) is 9.96. The highest BCUT2D eigenvalue weighted by Gasteiger charge is 2.32. The summed E-state index contributed by atoms with van der Waals surface area (Å²) in [5.41, 5.74) is 0.00224. The van der Waals surface area contributed by atoms with Gasteiger partial charge in [0.05, 0.1) is 12.2 Å². The van der Waals surface area contributed by atoms with Crippen molar-refractivity contribution in [1.82, 2.24) is 5.32 Å². The van der Waals surface area contributed by atoms with E-state index in [1.54, 1.807) is 0 Å². The molecule has 0 aliphatic heterocycles. The van der Waals surface area contributed by atoms with E-state index in [9.17, 15) is 18.0 Å². The summed E-state index contributed by atoms with van der Waals surface area (Å²) in [5.74, 6) is -0.820. The van der Waals surface area contributed by atoms with Crippen molar-refractivity contribution in [3.05, 3.63) is 24.3 Å². The van der Waals surface area contributed by atoms with Crippen LogP contribution in [0.25, 0.3) is 0 Å². The predicted molar refractivity (Wildman–Crippen MR) is 62.8 cm³/mol. The lowest BCUT2D eigenvalue weighted by atomic mass is 10.3. The molecule has 1 amide bonds. The lowest BCUT2D eigenvalue weighted by Gasteiger charge is -2.13. The molecular formula is C12H13F3N2O2. The van der Waals surface area contributed by atoms with E-state index in [-0.39, 0.29) is 12.2 Å². The Hall–Kier alpha value is -1.76. The topological polar surface area (TPSA) is 50.4 Å². The monoisotopic (exact) mass is 274 g/mol. The van der Waals surface area contributed by atoms with Crippen LogP contribution >= 0.6 is 0 Å². The van der Waals surface area contributed by atoms with Crippen molar-refractivity contribution in [3.63, 3.8) is 0 Å². The van der Waals surface area contributed by atoms with Crippen molar-refractivity contribution >= 4 is 11.6 Å². The fourth-order valence-corrected chi connectivity index (χ4v) is 1.50. The van der Waals surface area contributed by atoms with E-state index in [0.717, 1.165) is 18.9 Å². The minimum Gasteiger partial charge on any atom is -0.404 e. The molecule has 1 aliphatic rings. The van der Waals surface area contributed by atoms with E-state index in [0.29, 0.717) is 6.04 Å². The molecule has 104 valence electrons. The molecule has 0 spiro atoms. The highest BCUT2D eigenvalue weighted by molar-refractivity contribution is 5.93. The van der Waals surface area contributed by atoms with Crippen molar-refractivity contribution in [1.29, 1.82) is 0 Å². The molecule has 1 aromatic rings. The van der Waals surface area contributed by atoms with Crippen LogP contribution in [0.2, 0.25) is 0 Å². The van der Waals surface area contributed by atoms with E-state index in [1.807, 2.05) is 0 Å². The van der Waals surface area contributed by atoms with Crippen molar-refractivity contribution < 1.29 is 22.7 Å². The highest BCUT2D eigenvalue weighted by Crippen LogP contribution is 2.29. The average molecular weight is 274 g/mol. The van der Waals surface area contributed by atoms with Crippen molar-refractivity contribution in [2.24, 2.45) is 0 Å². The Morgan fingerprint density at radius 1 is 1.32 bits per heavy atom. The van der Waals surface area contributed by atoms with Crippen LogP contribution in [-0.2, 0) is 4.79 Å². The molecule has 0 unspecified atom stereocenters. The van der Waals surface area contributed by atoms with Crippen LogP contribution in [0.4, 0.5) is 18.9 Å². The van der Waals surface area contributed by atoms with Crippen LogP contribution in [0, 0.1) is 0 Å². The molecule has 2 rings (SSSR count). The van der Waals surface area contributed by atoms with Gasteiger partial charge in [0.2, 0.25) is 5.91 Å². The van der Waals surface area contributed by atoms with Crippen LogP contribution < -0.4 is 15.4 Å². The third-order valence-electron chi connectivity index (χ3n) is 2.52. The van der Waals surface area contributed by atoms with Crippen molar-refractivity contribution in [2.45, 2.75) is 25.2 Å². The Bertz CT molecular complexity index is 459. The molecule has 1 aromatic carbocycles. The Morgan fingerprint density at radius 2 is 2.00 bits per heavy atom. The summed E-state index contributed by atoms with van der Waals surface area (Å²) in [7, 11) is 0. The van der Waals surface area contributed by atoms with Crippen molar-refractivity contribution in [3.8, 4) is 5.75 Å². The first-order valence-corrected chi connectivity index (χ1v) is 5.82. The van der Waals surface area contributed by atoms with Gasteiger partial charge in [-0.25, -0.2) is 0 Å². The number of alkyl halides is 3. The number of nitrogens with one attached hydrogen (secondary N) is 2. The van der Waals surface area contributed by atoms with Gasteiger partial charge in [0.25, 0.3) is 0 Å². The quantitative estimate of drug-likeness (QED) is 0.866. The van der Waals surface area contributed by atoms with E-state index in [4.69, 9.17) is 0 Å². The molecule has 7 heteroatoms. The Balaban J connectivity index is 1.96. The van der Waals surface area contributed by atoms with Gasteiger partial charge < -0.3 is 15.4 Å². The number of carbonyl (C=O) groups excluding carboxylic acids is 1. The third kappa shape index (κ3) is 4.78. The van der Waals surface area contributed by atoms with Gasteiger partial charge in [-0.1, -0.05) is 12.1 Å². The molecule has 0 atom stereocenters. The van der Waals surface area contributed by atoms with Gasteiger partial charge in [-0.3, -0.25) is 4.79 Å². The van der Waals surface area contributed by atoms with Crippen molar-refractivity contribution in [2.75, 3.05) is 11.9 Å². The summed E-state index contributed by atoms with van der Waals surface area (Å²) in [6.45, 7) is 0.0744. The summed E-state index contributed by atoms with van der Waals surface area (Å²) in [5, 5.41) is 5.36. The van der Waals surface area contributed by atoms with Crippen LogP contribution in [0.1, 0.15) is 12.8 Å². The first kappa shape index (κ1) is 13.7. The molecule has 1 saturated carbocycles. The molecule has 0 radical (unpaired) electrons. The number of rotatable bonds is 5. The summed E-state index contributed by atoms with van der Waals surface area (Å²) in [6.07, 6.45) is -2.73. The number of carbonyl (C=O) groups is 1. The predicted octanol–water partition coefficient (Wildman–Crippen LogP) is 2.28. The number of hydrogen-bond acceptors (Lipinski definition) is 3. The molecule has 1 aliphatic carbocycles. The van der Waals surface area contributed by atoms with E-state index >= 15 is 0 Å². The largest absolute Gasteiger partial charge is 0.573 e. The number of amides is 1. The zero-order chi connectivity index (χ0) is 13.9. The summed E-state index contributed by atoms with van der Waals surface area (Å²) in [6, 6.07) is 5.78. The van der Waals surface area contributed by atoms with Crippen LogP contribution in [0.3, 0.4) is 0 Å². The maximum Gasteiger partial charge on any atom is 0.573 e. The number of para-hydroxylation sites is 2. The van der Waals surface area contributed by atoms with Gasteiger partial charge in [-0.05, 0) is 25.0 Å². The van der Waals surface area contributed by atoms with Gasteiger partial charge in [-0.15, -0.1) is 13.2 Å². The zero-order valence-electron chi connectivity index (χ0n) is 9.96. The van der Waals surface area contributed by atoms with Crippen LogP contribution in [-0.4, -0.2) is 24.9 Å². The summed E-state index contributed by atoms with van der Waals surface area (Å²) < 4.78 is 40.4. The number of hydrogen-bond donors (Lipinski definition) is 2. The Kier molecular flexibility index (Phi) is 3.94. The SMILES string of the molecule is O=C(CNC1CC1)Nc1ccccc1OC(F)(F)F. The van der Waals surface area contributed by atoms with Gasteiger partial charge in [-0.2, -0.15) is 0 Å². The molecule has 0 aromatic heterocycles. The highest BCUT2D eigenvalue weighted by atomic mass is 19.4. The maximum atomic E-state index is 12.2. The van der Waals surface area contributed by atoms with Gasteiger partial charge >= 0.3 is 6.36 Å². The summed E-state index contributed by atoms with van der Waals surface area (Å²) >= 11 is 0. The first-order valence-electron chi connectivity index (χ1n) is 5.82. The lowest BCUT2D eigenvalue weighted by molar-refractivity contribution is -0.274. The second-order valence-corrected chi connectivity index (χ2v) is 4.25. The van der Waals surface area contributed by atoms with Crippen LogP contribution in [0.15, 0.2) is 24.3 Å². The molecule has 4 nitrogen and oxygen atoms in total. The Morgan fingerprint density at radius 3 is 2.63 bits per heavy atom. The van der Waals surface area contributed by atoms with Gasteiger partial charge in [0.15, 0.2) is 5.75 Å². The molecule has 0 heterocycles.